The molecule has 1 unspecified atom stereocenters. The van der Waals surface area contributed by atoms with E-state index in [0.29, 0.717) is 5.69 Å². The molecule has 1 fully saturated rings. The lowest BCUT2D eigenvalue weighted by Gasteiger charge is -2.13. The molecule has 0 bridgehead atoms. The Morgan fingerprint density at radius 3 is 3.00 bits per heavy atom. The quantitative estimate of drug-likeness (QED) is 0.701. The van der Waals surface area contributed by atoms with Crippen LogP contribution in [0.3, 0.4) is 0 Å². The van der Waals surface area contributed by atoms with Gasteiger partial charge in [0, 0.05) is 25.4 Å². The minimum absolute atomic E-state index is 0.0553. The van der Waals surface area contributed by atoms with Crippen LogP contribution in [0.2, 0.25) is 0 Å². The number of ketones is 1. The van der Waals surface area contributed by atoms with Gasteiger partial charge in [0.1, 0.15) is 5.69 Å². The van der Waals surface area contributed by atoms with Gasteiger partial charge in [0.25, 0.3) is 0 Å². The smallest absolute Gasteiger partial charge is 0.185 e. The van der Waals surface area contributed by atoms with Gasteiger partial charge in [0.15, 0.2) is 10.9 Å². The third-order valence-electron chi connectivity index (χ3n) is 2.55. The average molecular weight is 210 g/mol. The summed E-state index contributed by atoms with van der Waals surface area (Å²) in [6.45, 7) is 5.96. The molecule has 0 aliphatic carbocycles. The molecule has 0 aromatic carbocycles. The van der Waals surface area contributed by atoms with Crippen LogP contribution in [-0.4, -0.2) is 23.9 Å². The lowest BCUT2D eigenvalue weighted by molar-refractivity contribution is 0.101. The third-order valence-corrected chi connectivity index (χ3v) is 3.45. The zero-order chi connectivity index (χ0) is 10.1. The van der Waals surface area contributed by atoms with Gasteiger partial charge in [0.05, 0.1) is 0 Å². The highest BCUT2D eigenvalue weighted by atomic mass is 32.1. The predicted molar refractivity (Wildman–Crippen MR) is 58.1 cm³/mol. The maximum atomic E-state index is 11.1. The first-order valence-corrected chi connectivity index (χ1v) is 5.76. The third kappa shape index (κ3) is 1.80. The summed E-state index contributed by atoms with van der Waals surface area (Å²) >= 11 is 1.57. The molecule has 1 aliphatic heterocycles. The molecule has 14 heavy (non-hydrogen) atoms. The summed E-state index contributed by atoms with van der Waals surface area (Å²) < 4.78 is 0. The SMILES string of the molecule is CC(=O)c1csc(N2CCC(C)C2)n1. The minimum Gasteiger partial charge on any atom is -0.348 e. The number of nitrogens with zero attached hydrogens (tertiary/aromatic N) is 2. The molecule has 0 amide bonds. The zero-order valence-corrected chi connectivity index (χ0v) is 9.30. The Hall–Kier alpha value is -0.900. The minimum atomic E-state index is 0.0553. The van der Waals surface area contributed by atoms with Crippen molar-refractivity contribution in [3.8, 4) is 0 Å². The van der Waals surface area contributed by atoms with E-state index in [0.717, 1.165) is 24.1 Å². The molecule has 1 aliphatic rings. The fourth-order valence-corrected chi connectivity index (χ4v) is 2.58. The fourth-order valence-electron chi connectivity index (χ4n) is 1.68. The molecule has 1 saturated heterocycles. The van der Waals surface area contributed by atoms with Crippen LogP contribution in [0.5, 0.6) is 0 Å². The van der Waals surface area contributed by atoms with E-state index in [2.05, 4.69) is 16.8 Å². The van der Waals surface area contributed by atoms with Crippen molar-refractivity contribution in [3.63, 3.8) is 0 Å². The molecular formula is C10H14N2OS. The van der Waals surface area contributed by atoms with E-state index >= 15 is 0 Å². The monoisotopic (exact) mass is 210 g/mol. The number of hydrogen-bond acceptors (Lipinski definition) is 4. The number of rotatable bonds is 2. The molecular weight excluding hydrogens is 196 g/mol. The number of Topliss-reactive ketones (excluding diaryl/α,β-unsaturated/α-hetero) is 1. The summed E-state index contributed by atoms with van der Waals surface area (Å²) in [6.07, 6.45) is 1.23. The van der Waals surface area contributed by atoms with E-state index in [-0.39, 0.29) is 5.78 Å². The number of hydrogen-bond donors (Lipinski definition) is 0. The van der Waals surface area contributed by atoms with E-state index in [1.165, 1.54) is 6.42 Å². The van der Waals surface area contributed by atoms with Crippen molar-refractivity contribution in [1.82, 2.24) is 4.98 Å². The second kappa shape index (κ2) is 3.69. The van der Waals surface area contributed by atoms with Gasteiger partial charge in [-0.15, -0.1) is 11.3 Å². The van der Waals surface area contributed by atoms with Gasteiger partial charge in [-0.1, -0.05) is 6.92 Å². The molecule has 2 heterocycles. The van der Waals surface area contributed by atoms with Crippen LogP contribution in [-0.2, 0) is 0 Å². The number of carbonyl (C=O) groups excluding carboxylic acids is 1. The second-order valence-electron chi connectivity index (χ2n) is 3.91. The molecule has 1 atom stereocenters. The number of carbonyl (C=O) groups is 1. The van der Waals surface area contributed by atoms with Gasteiger partial charge in [-0.2, -0.15) is 0 Å². The van der Waals surface area contributed by atoms with Gasteiger partial charge >= 0.3 is 0 Å². The first-order chi connectivity index (χ1) is 6.66. The van der Waals surface area contributed by atoms with E-state index in [4.69, 9.17) is 0 Å². The molecule has 1 aromatic heterocycles. The molecule has 76 valence electrons. The summed E-state index contributed by atoms with van der Waals surface area (Å²) in [6, 6.07) is 0. The normalized spacial score (nSPS) is 21.6. The maximum Gasteiger partial charge on any atom is 0.185 e. The standard InChI is InChI=1S/C10H14N2OS/c1-7-3-4-12(5-7)10-11-9(6-14-10)8(2)13/h6-7H,3-5H2,1-2H3. The van der Waals surface area contributed by atoms with Crippen molar-refractivity contribution in [1.29, 1.82) is 0 Å². The van der Waals surface area contributed by atoms with Crippen molar-refractivity contribution in [2.24, 2.45) is 5.92 Å². The van der Waals surface area contributed by atoms with Crippen molar-refractivity contribution >= 4 is 22.3 Å². The number of thiazole rings is 1. The van der Waals surface area contributed by atoms with Crippen LogP contribution in [0.1, 0.15) is 30.8 Å². The summed E-state index contributed by atoms with van der Waals surface area (Å²) in [5.41, 5.74) is 0.601. The largest absolute Gasteiger partial charge is 0.348 e. The Kier molecular flexibility index (Phi) is 2.54. The topological polar surface area (TPSA) is 33.2 Å². The molecule has 0 saturated carbocycles. The van der Waals surface area contributed by atoms with Gasteiger partial charge in [-0.25, -0.2) is 4.98 Å². The van der Waals surface area contributed by atoms with E-state index < -0.39 is 0 Å². The highest BCUT2D eigenvalue weighted by Gasteiger charge is 2.21. The van der Waals surface area contributed by atoms with E-state index in [1.54, 1.807) is 18.3 Å². The van der Waals surface area contributed by atoms with E-state index in [9.17, 15) is 4.79 Å². The van der Waals surface area contributed by atoms with Gasteiger partial charge < -0.3 is 4.90 Å². The molecule has 0 N–H and O–H groups in total. The maximum absolute atomic E-state index is 11.1. The van der Waals surface area contributed by atoms with E-state index in [1.807, 2.05) is 5.38 Å². The van der Waals surface area contributed by atoms with Gasteiger partial charge in [-0.3, -0.25) is 4.79 Å². The van der Waals surface area contributed by atoms with Crippen molar-refractivity contribution in [2.45, 2.75) is 20.3 Å². The molecule has 4 heteroatoms. The predicted octanol–water partition coefficient (Wildman–Crippen LogP) is 2.19. The average Bonchev–Trinajstić information content (AvgIpc) is 2.70. The molecule has 1 aromatic rings. The highest BCUT2D eigenvalue weighted by molar-refractivity contribution is 7.13. The summed E-state index contributed by atoms with van der Waals surface area (Å²) in [7, 11) is 0. The Morgan fingerprint density at radius 2 is 2.50 bits per heavy atom. The van der Waals surface area contributed by atoms with Crippen LogP contribution in [0.15, 0.2) is 5.38 Å². The van der Waals surface area contributed by atoms with Crippen molar-refractivity contribution in [3.05, 3.63) is 11.1 Å². The van der Waals surface area contributed by atoms with Crippen LogP contribution < -0.4 is 4.90 Å². The Morgan fingerprint density at radius 1 is 1.71 bits per heavy atom. The summed E-state index contributed by atoms with van der Waals surface area (Å²) in [5, 5.41) is 2.85. The lowest BCUT2D eigenvalue weighted by atomic mass is 10.2. The highest BCUT2D eigenvalue weighted by Crippen LogP contribution is 2.26. The van der Waals surface area contributed by atoms with Crippen LogP contribution >= 0.6 is 11.3 Å². The van der Waals surface area contributed by atoms with Crippen LogP contribution in [0, 0.1) is 5.92 Å². The van der Waals surface area contributed by atoms with Gasteiger partial charge in [0.2, 0.25) is 0 Å². The molecule has 2 rings (SSSR count). The Bertz CT molecular complexity index is 348. The van der Waals surface area contributed by atoms with Crippen molar-refractivity contribution < 1.29 is 4.79 Å². The summed E-state index contributed by atoms with van der Waals surface area (Å²) in [5.74, 6) is 0.805. The first kappa shape index (κ1) is 9.65. The second-order valence-corrected chi connectivity index (χ2v) is 4.75. The molecule has 0 spiro atoms. The molecule has 3 nitrogen and oxygen atoms in total. The number of aromatic nitrogens is 1. The lowest BCUT2D eigenvalue weighted by Crippen LogP contribution is -2.18. The fraction of sp³-hybridized carbons (Fsp3) is 0.600. The van der Waals surface area contributed by atoms with Crippen LogP contribution in [0.4, 0.5) is 5.13 Å². The molecule has 0 radical (unpaired) electrons. The Balaban J connectivity index is 2.13. The number of anilines is 1. The summed E-state index contributed by atoms with van der Waals surface area (Å²) in [4.78, 5) is 17.7. The van der Waals surface area contributed by atoms with Gasteiger partial charge in [-0.05, 0) is 12.3 Å². The van der Waals surface area contributed by atoms with Crippen molar-refractivity contribution in [2.75, 3.05) is 18.0 Å². The first-order valence-electron chi connectivity index (χ1n) is 4.88. The Labute approximate surface area is 87.8 Å². The van der Waals surface area contributed by atoms with Crippen LogP contribution in [0.25, 0.3) is 0 Å². The zero-order valence-electron chi connectivity index (χ0n) is 8.49.